The molecule has 4 aromatic rings. The van der Waals surface area contributed by atoms with Crippen molar-refractivity contribution in [2.24, 2.45) is 11.8 Å². The lowest BCUT2D eigenvalue weighted by atomic mass is 9.91. The van der Waals surface area contributed by atoms with Gasteiger partial charge in [0, 0.05) is 25.1 Å². The van der Waals surface area contributed by atoms with E-state index in [1.807, 2.05) is 12.1 Å². The van der Waals surface area contributed by atoms with E-state index in [0.29, 0.717) is 53.6 Å². The Labute approximate surface area is 313 Å². The summed E-state index contributed by atoms with van der Waals surface area (Å²) >= 11 is 0. The molecule has 4 heterocycles. The number of anilines is 4. The van der Waals surface area contributed by atoms with Crippen molar-refractivity contribution in [3.05, 3.63) is 103 Å². The van der Waals surface area contributed by atoms with Gasteiger partial charge in [0.2, 0.25) is 11.9 Å². The molecular weight excluding hydrogens is 714 g/mol. The molecule has 0 bridgehead atoms. The molecule has 0 spiro atoms. The van der Waals surface area contributed by atoms with Gasteiger partial charge in [0.1, 0.15) is 17.7 Å². The van der Waals surface area contributed by atoms with Gasteiger partial charge in [-0.25, -0.2) is 9.59 Å². The van der Waals surface area contributed by atoms with E-state index in [9.17, 15) is 28.8 Å². The van der Waals surface area contributed by atoms with E-state index in [2.05, 4.69) is 35.9 Å². The fraction of sp³-hybridized carbons (Fsp3) is 0.351. The lowest BCUT2D eigenvalue weighted by molar-refractivity contribution is -0.140. The van der Waals surface area contributed by atoms with E-state index in [1.165, 1.54) is 0 Å². The van der Waals surface area contributed by atoms with Crippen LogP contribution in [0.1, 0.15) is 68.7 Å². The maximum Gasteiger partial charge on any atom is 0.335 e. The Morgan fingerprint density at radius 1 is 0.727 bits per heavy atom. The van der Waals surface area contributed by atoms with Gasteiger partial charge in [-0.1, -0.05) is 24.3 Å². The Morgan fingerprint density at radius 3 is 1.60 bits per heavy atom. The normalized spacial score (nSPS) is 16.1. The molecule has 3 atom stereocenters. The molecule has 18 heteroatoms. The van der Waals surface area contributed by atoms with Crippen molar-refractivity contribution in [3.8, 4) is 0 Å². The predicted octanol–water partition coefficient (Wildman–Crippen LogP) is 1.88. The molecule has 0 saturated carbocycles. The summed E-state index contributed by atoms with van der Waals surface area (Å²) in [6.45, 7) is 1.42. The smallest absolute Gasteiger partial charge is 0.335 e. The molecule has 2 aliphatic heterocycles. The fourth-order valence-electron chi connectivity index (χ4n) is 6.46. The fourth-order valence-corrected chi connectivity index (χ4v) is 6.46. The van der Waals surface area contributed by atoms with Crippen LogP contribution in [0, 0.1) is 11.8 Å². The maximum absolute atomic E-state index is 12.3. The third-order valence-corrected chi connectivity index (χ3v) is 9.52. The van der Waals surface area contributed by atoms with E-state index < -0.39 is 29.9 Å². The van der Waals surface area contributed by atoms with E-state index in [4.69, 9.17) is 26.8 Å². The topological polar surface area (TPSA) is 309 Å². The highest BCUT2D eigenvalue weighted by molar-refractivity contribution is 5.96. The van der Waals surface area contributed by atoms with E-state index in [0.717, 1.165) is 43.4 Å². The molecule has 55 heavy (non-hydrogen) atoms. The number of carbonyl (C=O) groups is 4. The average molecular weight is 758 g/mol. The number of nitrogens with two attached hydrogens (primary N) is 2. The van der Waals surface area contributed by atoms with Gasteiger partial charge in [0.15, 0.2) is 0 Å². The van der Waals surface area contributed by atoms with Gasteiger partial charge in [0.25, 0.3) is 17.0 Å². The maximum atomic E-state index is 12.3. The first kappa shape index (κ1) is 39.5. The van der Waals surface area contributed by atoms with Crippen molar-refractivity contribution < 1.29 is 34.5 Å². The summed E-state index contributed by atoms with van der Waals surface area (Å²) in [5, 5.41) is 35.4. The number of rotatable bonds is 13. The first-order valence-electron chi connectivity index (χ1n) is 17.7. The number of hydrogen-bond donors (Lipinski definition) is 10. The number of nitrogens with zero attached hydrogens (tertiary/aromatic N) is 2. The molecule has 2 aromatic heterocycles. The van der Waals surface area contributed by atoms with Crippen LogP contribution in [-0.2, 0) is 35.3 Å². The number of nitrogen functional groups attached to an aromatic ring is 2. The number of carboxylic acid groups (broad SMARTS) is 3. The number of carbonyl (C=O) groups excluding carboxylic acids is 1. The Morgan fingerprint density at radius 2 is 1.18 bits per heavy atom. The van der Waals surface area contributed by atoms with Crippen LogP contribution in [0.25, 0.3) is 0 Å². The number of aromatic nitrogens is 4. The average Bonchev–Trinajstić information content (AvgIpc) is 3.15. The Bertz CT molecular complexity index is 2150. The number of nitrogens with one attached hydrogen (secondary N) is 5. The summed E-state index contributed by atoms with van der Waals surface area (Å²) in [6.07, 6.45) is 4.00. The number of fused-ring (bicyclic) bond motifs is 2. The molecular formula is C37H43N9O9. The molecule has 1 amide bonds. The molecule has 290 valence electrons. The lowest BCUT2D eigenvalue weighted by Gasteiger charge is -2.24. The Kier molecular flexibility index (Phi) is 12.8. The zero-order chi connectivity index (χ0) is 39.6. The van der Waals surface area contributed by atoms with Crippen LogP contribution in [0.4, 0.5) is 23.5 Å². The highest BCUT2D eigenvalue weighted by atomic mass is 16.4. The van der Waals surface area contributed by atoms with Gasteiger partial charge in [-0.05, 0) is 92.2 Å². The van der Waals surface area contributed by atoms with Gasteiger partial charge in [0.05, 0.1) is 16.7 Å². The van der Waals surface area contributed by atoms with Crippen molar-refractivity contribution >= 4 is 47.3 Å². The minimum atomic E-state index is -1.28. The van der Waals surface area contributed by atoms with Crippen LogP contribution < -0.4 is 38.5 Å². The van der Waals surface area contributed by atoms with Gasteiger partial charge in [-0.2, -0.15) is 9.97 Å². The number of aliphatic carboxylic acids is 2. The molecule has 18 nitrogen and oxygen atoms in total. The number of aromatic amines is 2. The summed E-state index contributed by atoms with van der Waals surface area (Å²) < 4.78 is 0. The highest BCUT2D eigenvalue weighted by Gasteiger charge is 2.24. The third kappa shape index (κ3) is 10.9. The summed E-state index contributed by atoms with van der Waals surface area (Å²) in [5.74, 6) is -2.03. The molecule has 6 rings (SSSR count). The number of benzene rings is 2. The quantitative estimate of drug-likeness (QED) is 0.0931. The number of carboxylic acids is 3. The number of hydrogen-bond acceptors (Lipinski definition) is 12. The first-order valence-corrected chi connectivity index (χ1v) is 17.7. The highest BCUT2D eigenvalue weighted by Crippen LogP contribution is 2.25. The van der Waals surface area contributed by atoms with Crippen molar-refractivity contribution in [3.63, 3.8) is 0 Å². The molecule has 2 aliphatic rings. The van der Waals surface area contributed by atoms with Gasteiger partial charge in [-0.3, -0.25) is 29.1 Å². The Hall–Kier alpha value is -6.72. The van der Waals surface area contributed by atoms with Crippen LogP contribution in [-0.4, -0.2) is 78.2 Å². The summed E-state index contributed by atoms with van der Waals surface area (Å²) in [4.78, 5) is 82.3. The van der Waals surface area contributed by atoms with Crippen LogP contribution in [0.5, 0.6) is 0 Å². The Balaban J connectivity index is 0.000000222. The van der Waals surface area contributed by atoms with Crippen LogP contribution >= 0.6 is 0 Å². The van der Waals surface area contributed by atoms with Gasteiger partial charge in [-0.15, -0.1) is 0 Å². The van der Waals surface area contributed by atoms with E-state index in [-0.39, 0.29) is 47.3 Å². The SMILES string of the molecule is Nc1nc2c(c(=O)[nH]1)CC(CCc1ccc(C(=O)NC(CCC(=O)O)C(=O)O)cc1)CN2.Nc1nc2c(c(=O)[nH]1)CC(CCc1ccc(C(=O)O)cc1)CN2. The lowest BCUT2D eigenvalue weighted by Crippen LogP contribution is -2.41. The molecule has 0 aliphatic carbocycles. The zero-order valence-corrected chi connectivity index (χ0v) is 29.8. The molecule has 12 N–H and O–H groups in total. The number of H-pyrrole nitrogens is 2. The minimum absolute atomic E-state index is 0.0837. The third-order valence-electron chi connectivity index (χ3n) is 9.52. The number of aryl methyl sites for hydroxylation is 2. The monoisotopic (exact) mass is 757 g/mol. The van der Waals surface area contributed by atoms with Crippen molar-refractivity contribution in [2.45, 2.75) is 57.4 Å². The second-order valence-electron chi connectivity index (χ2n) is 13.5. The number of aromatic carboxylic acids is 1. The molecule has 0 saturated heterocycles. The second-order valence-corrected chi connectivity index (χ2v) is 13.5. The molecule has 0 radical (unpaired) electrons. The second kappa shape index (κ2) is 17.9. The molecule has 2 aromatic carbocycles. The standard InChI is InChI=1S/C21H25N5O6.C16H18N4O3/c22-21-25-17-14(19(30)26-21)9-12(10-23-17)2-1-11-3-5-13(6-4-11)18(29)24-15(20(31)32)7-8-16(27)28;17-16-19-13-12(14(21)20-16)7-10(8-18-13)2-1-9-3-5-11(6-4-9)15(22)23/h3-6,12,15H,1-2,7-10H2,(H,24,29)(H,27,28)(H,31,32)(H4,22,23,25,26,30);3-6,10H,1-2,7-8H2,(H,22,23)(H4,17,18,19,20,21). The summed E-state index contributed by atoms with van der Waals surface area (Å²) in [6, 6.07) is 12.4. The van der Waals surface area contributed by atoms with Gasteiger partial charge < -0.3 is 42.7 Å². The minimum Gasteiger partial charge on any atom is -0.481 e. The van der Waals surface area contributed by atoms with Crippen LogP contribution in [0.3, 0.4) is 0 Å². The van der Waals surface area contributed by atoms with E-state index >= 15 is 0 Å². The first-order chi connectivity index (χ1) is 26.2. The summed E-state index contributed by atoms with van der Waals surface area (Å²) in [7, 11) is 0. The van der Waals surface area contributed by atoms with E-state index in [1.54, 1.807) is 36.4 Å². The van der Waals surface area contributed by atoms with Crippen LogP contribution in [0.15, 0.2) is 58.1 Å². The van der Waals surface area contributed by atoms with Crippen molar-refractivity contribution in [2.75, 3.05) is 35.2 Å². The molecule has 3 unspecified atom stereocenters. The van der Waals surface area contributed by atoms with Crippen LogP contribution in [0.2, 0.25) is 0 Å². The van der Waals surface area contributed by atoms with Gasteiger partial charge >= 0.3 is 17.9 Å². The van der Waals surface area contributed by atoms with Crippen molar-refractivity contribution in [1.82, 2.24) is 25.3 Å². The zero-order valence-electron chi connectivity index (χ0n) is 29.8. The summed E-state index contributed by atoms with van der Waals surface area (Å²) in [5.41, 5.74) is 14.6. The molecule has 0 fully saturated rings. The number of amides is 1. The predicted molar refractivity (Wildman–Crippen MR) is 202 cm³/mol. The van der Waals surface area contributed by atoms with Crippen molar-refractivity contribution in [1.29, 1.82) is 0 Å². The largest absolute Gasteiger partial charge is 0.481 e.